The Morgan fingerprint density at radius 2 is 2.00 bits per heavy atom. The molecule has 1 rings (SSSR count). The lowest BCUT2D eigenvalue weighted by molar-refractivity contribution is -0.132. The molecule has 0 saturated heterocycles. The van der Waals surface area contributed by atoms with Gasteiger partial charge in [0.2, 0.25) is 0 Å². The Morgan fingerprint density at radius 1 is 1.31 bits per heavy atom. The molecule has 0 unspecified atom stereocenters. The average Bonchev–Trinajstić information content (AvgIpc) is 2.29. The number of rotatable bonds is 4. The third-order valence-corrected chi connectivity index (χ3v) is 2.15. The van der Waals surface area contributed by atoms with Crippen LogP contribution in [0.2, 0.25) is 0 Å². The minimum atomic E-state index is -0.946. The molecule has 0 bridgehead atoms. The van der Waals surface area contributed by atoms with Crippen LogP contribution in [0.15, 0.2) is 23.8 Å². The predicted octanol–water partition coefficient (Wildman–Crippen LogP) is 2.19. The van der Waals surface area contributed by atoms with Crippen molar-refractivity contribution in [3.63, 3.8) is 0 Å². The number of ether oxygens (including phenoxy) is 2. The van der Waals surface area contributed by atoms with Crippen molar-refractivity contribution >= 4 is 12.0 Å². The van der Waals surface area contributed by atoms with E-state index in [9.17, 15) is 4.79 Å². The van der Waals surface area contributed by atoms with E-state index in [0.29, 0.717) is 17.1 Å². The molecule has 4 nitrogen and oxygen atoms in total. The van der Waals surface area contributed by atoms with Gasteiger partial charge in [-0.05, 0) is 25.1 Å². The maximum absolute atomic E-state index is 10.7. The number of carboxylic acids is 1. The summed E-state index contributed by atoms with van der Waals surface area (Å²) in [6.07, 6.45) is 1.56. The zero-order valence-corrected chi connectivity index (χ0v) is 9.48. The zero-order valence-electron chi connectivity index (χ0n) is 9.48. The smallest absolute Gasteiger partial charge is 0.331 e. The zero-order chi connectivity index (χ0) is 12.1. The number of methoxy groups -OCH3 is 2. The minimum absolute atomic E-state index is 0.253. The first-order chi connectivity index (χ1) is 7.58. The standard InChI is InChI=1S/C12H14O4/c1-8(12(13)14)6-9-4-5-10(15-2)7-11(9)16-3/h4-7H,1-3H3,(H,13,14)/b8-6+. The predicted molar refractivity (Wildman–Crippen MR) is 60.8 cm³/mol. The van der Waals surface area contributed by atoms with Crippen LogP contribution in [-0.2, 0) is 4.79 Å². The highest BCUT2D eigenvalue weighted by Crippen LogP contribution is 2.26. The van der Waals surface area contributed by atoms with Gasteiger partial charge in [0.25, 0.3) is 0 Å². The summed E-state index contributed by atoms with van der Waals surface area (Å²) in [7, 11) is 3.09. The van der Waals surface area contributed by atoms with E-state index in [4.69, 9.17) is 14.6 Å². The van der Waals surface area contributed by atoms with Crippen molar-refractivity contribution in [2.24, 2.45) is 0 Å². The van der Waals surface area contributed by atoms with Gasteiger partial charge in [-0.25, -0.2) is 4.79 Å². The Kier molecular flexibility index (Phi) is 3.94. The van der Waals surface area contributed by atoms with Gasteiger partial charge in [0, 0.05) is 17.2 Å². The lowest BCUT2D eigenvalue weighted by atomic mass is 10.1. The molecule has 1 aromatic rings. The number of hydrogen-bond acceptors (Lipinski definition) is 3. The molecule has 0 radical (unpaired) electrons. The highest BCUT2D eigenvalue weighted by atomic mass is 16.5. The third-order valence-electron chi connectivity index (χ3n) is 2.15. The van der Waals surface area contributed by atoms with Crippen LogP contribution in [0, 0.1) is 0 Å². The average molecular weight is 222 g/mol. The van der Waals surface area contributed by atoms with Crippen molar-refractivity contribution in [2.45, 2.75) is 6.92 Å². The fourth-order valence-electron chi connectivity index (χ4n) is 1.23. The van der Waals surface area contributed by atoms with Crippen LogP contribution in [-0.4, -0.2) is 25.3 Å². The van der Waals surface area contributed by atoms with Crippen LogP contribution in [0.25, 0.3) is 6.08 Å². The molecule has 0 atom stereocenters. The van der Waals surface area contributed by atoms with Crippen molar-refractivity contribution < 1.29 is 19.4 Å². The van der Waals surface area contributed by atoms with E-state index in [-0.39, 0.29) is 5.57 Å². The van der Waals surface area contributed by atoms with Crippen molar-refractivity contribution in [1.29, 1.82) is 0 Å². The quantitative estimate of drug-likeness (QED) is 0.793. The second-order valence-electron chi connectivity index (χ2n) is 3.24. The molecule has 0 aliphatic rings. The number of carboxylic acid groups (broad SMARTS) is 1. The maximum atomic E-state index is 10.7. The van der Waals surface area contributed by atoms with E-state index in [1.165, 1.54) is 14.0 Å². The van der Waals surface area contributed by atoms with Crippen LogP contribution in [0.5, 0.6) is 11.5 Å². The summed E-state index contributed by atoms with van der Waals surface area (Å²) < 4.78 is 10.2. The van der Waals surface area contributed by atoms with Crippen molar-refractivity contribution in [3.05, 3.63) is 29.3 Å². The van der Waals surface area contributed by atoms with E-state index < -0.39 is 5.97 Å². The van der Waals surface area contributed by atoms with Crippen LogP contribution in [0.4, 0.5) is 0 Å². The second-order valence-corrected chi connectivity index (χ2v) is 3.24. The van der Waals surface area contributed by atoms with E-state index in [2.05, 4.69) is 0 Å². The fourth-order valence-corrected chi connectivity index (χ4v) is 1.23. The van der Waals surface area contributed by atoms with Crippen molar-refractivity contribution in [1.82, 2.24) is 0 Å². The van der Waals surface area contributed by atoms with Gasteiger partial charge >= 0.3 is 5.97 Å². The molecule has 86 valence electrons. The summed E-state index contributed by atoms with van der Waals surface area (Å²) in [5.41, 5.74) is 0.965. The Labute approximate surface area is 94.1 Å². The molecule has 0 amide bonds. The van der Waals surface area contributed by atoms with E-state index in [1.54, 1.807) is 31.4 Å². The molecule has 16 heavy (non-hydrogen) atoms. The van der Waals surface area contributed by atoms with Crippen LogP contribution < -0.4 is 9.47 Å². The number of aliphatic carboxylic acids is 1. The SMILES string of the molecule is COc1ccc(/C=C(\C)C(=O)O)c(OC)c1. The molecular weight excluding hydrogens is 208 g/mol. The summed E-state index contributed by atoms with van der Waals surface area (Å²) in [5, 5.41) is 8.77. The molecule has 0 fully saturated rings. The largest absolute Gasteiger partial charge is 0.497 e. The van der Waals surface area contributed by atoms with E-state index >= 15 is 0 Å². The molecule has 1 aromatic carbocycles. The van der Waals surface area contributed by atoms with Crippen molar-refractivity contribution in [2.75, 3.05) is 14.2 Å². The van der Waals surface area contributed by atoms with Crippen LogP contribution in [0.1, 0.15) is 12.5 Å². The summed E-state index contributed by atoms with van der Waals surface area (Å²) in [6.45, 7) is 1.53. The summed E-state index contributed by atoms with van der Waals surface area (Å²) in [4.78, 5) is 10.7. The number of hydrogen-bond donors (Lipinski definition) is 1. The second kappa shape index (κ2) is 5.21. The molecule has 0 spiro atoms. The molecule has 0 aliphatic heterocycles. The normalized spacial score (nSPS) is 11.1. The highest BCUT2D eigenvalue weighted by molar-refractivity contribution is 5.91. The van der Waals surface area contributed by atoms with Crippen LogP contribution in [0.3, 0.4) is 0 Å². The fraction of sp³-hybridized carbons (Fsp3) is 0.250. The third kappa shape index (κ3) is 2.76. The van der Waals surface area contributed by atoms with Gasteiger partial charge in [-0.1, -0.05) is 0 Å². The molecule has 0 aliphatic carbocycles. The number of carbonyl (C=O) groups is 1. The van der Waals surface area contributed by atoms with Gasteiger partial charge < -0.3 is 14.6 Å². The lowest BCUT2D eigenvalue weighted by Gasteiger charge is -2.07. The first-order valence-corrected chi connectivity index (χ1v) is 4.72. The van der Waals surface area contributed by atoms with E-state index in [0.717, 1.165) is 0 Å². The van der Waals surface area contributed by atoms with Crippen molar-refractivity contribution in [3.8, 4) is 11.5 Å². The van der Waals surface area contributed by atoms with Crippen LogP contribution >= 0.6 is 0 Å². The molecule has 4 heteroatoms. The maximum Gasteiger partial charge on any atom is 0.331 e. The van der Waals surface area contributed by atoms with Gasteiger partial charge in [-0.2, -0.15) is 0 Å². The van der Waals surface area contributed by atoms with Gasteiger partial charge in [0.15, 0.2) is 0 Å². The first kappa shape index (κ1) is 12.1. The molecule has 1 N–H and O–H groups in total. The van der Waals surface area contributed by atoms with Gasteiger partial charge in [0.05, 0.1) is 14.2 Å². The molecule has 0 saturated carbocycles. The lowest BCUT2D eigenvalue weighted by Crippen LogP contribution is -1.96. The molecule has 0 aromatic heterocycles. The summed E-state index contributed by atoms with van der Waals surface area (Å²) in [6, 6.07) is 5.22. The first-order valence-electron chi connectivity index (χ1n) is 4.72. The Morgan fingerprint density at radius 3 is 2.50 bits per heavy atom. The monoisotopic (exact) mass is 222 g/mol. The topological polar surface area (TPSA) is 55.8 Å². The Balaban J connectivity index is 3.14. The van der Waals surface area contributed by atoms with Gasteiger partial charge in [-0.3, -0.25) is 0 Å². The van der Waals surface area contributed by atoms with Gasteiger partial charge in [0.1, 0.15) is 11.5 Å². The minimum Gasteiger partial charge on any atom is -0.497 e. The Bertz CT molecular complexity index is 421. The highest BCUT2D eigenvalue weighted by Gasteiger charge is 2.05. The molecular formula is C12H14O4. The van der Waals surface area contributed by atoms with E-state index in [1.807, 2.05) is 0 Å². The molecule has 0 heterocycles. The number of benzene rings is 1. The summed E-state index contributed by atoms with van der Waals surface area (Å²) >= 11 is 0. The Hall–Kier alpha value is -1.97. The van der Waals surface area contributed by atoms with Gasteiger partial charge in [-0.15, -0.1) is 0 Å². The summed E-state index contributed by atoms with van der Waals surface area (Å²) in [5.74, 6) is 0.305.